The van der Waals surface area contributed by atoms with E-state index in [1.165, 1.54) is 6.33 Å². The SMILES string of the molecule is CNCCCN(C)Cc1c[nH]c2ncnc(Nc3ccc(OCCN(C)c4ccccn4)c(CCC(=O)O)c3)c12. The van der Waals surface area contributed by atoms with E-state index in [2.05, 4.69) is 42.5 Å². The lowest BCUT2D eigenvalue weighted by molar-refractivity contribution is -0.136. The van der Waals surface area contributed by atoms with Gasteiger partial charge in [-0.15, -0.1) is 0 Å². The molecule has 0 radical (unpaired) electrons. The first-order valence-electron chi connectivity index (χ1n) is 13.5. The van der Waals surface area contributed by atoms with Gasteiger partial charge in [-0.05, 0) is 81.5 Å². The Labute approximate surface area is 234 Å². The molecule has 4 N–H and O–H groups in total. The van der Waals surface area contributed by atoms with Gasteiger partial charge in [-0.2, -0.15) is 0 Å². The van der Waals surface area contributed by atoms with Crippen molar-refractivity contribution in [1.29, 1.82) is 0 Å². The van der Waals surface area contributed by atoms with Crippen LogP contribution in [0, 0.1) is 0 Å². The highest BCUT2D eigenvalue weighted by Gasteiger charge is 2.15. The number of nitrogens with one attached hydrogen (secondary N) is 3. The third-order valence-electron chi connectivity index (χ3n) is 6.61. The van der Waals surface area contributed by atoms with E-state index in [-0.39, 0.29) is 6.42 Å². The number of nitrogens with zero attached hydrogens (tertiary/aromatic N) is 5. The number of rotatable bonds is 16. The minimum atomic E-state index is -0.854. The Morgan fingerprint density at radius 1 is 1.10 bits per heavy atom. The third-order valence-corrected chi connectivity index (χ3v) is 6.61. The number of aryl methyl sites for hydroxylation is 1. The van der Waals surface area contributed by atoms with E-state index in [0.29, 0.717) is 31.1 Å². The minimum absolute atomic E-state index is 0.00719. The Morgan fingerprint density at radius 3 is 2.75 bits per heavy atom. The average molecular weight is 547 g/mol. The van der Waals surface area contributed by atoms with E-state index >= 15 is 0 Å². The van der Waals surface area contributed by atoms with Crippen molar-refractivity contribution in [2.75, 3.05) is 57.6 Å². The molecular formula is C29H38N8O3. The van der Waals surface area contributed by atoms with Crippen molar-refractivity contribution in [2.24, 2.45) is 0 Å². The molecule has 0 atom stereocenters. The zero-order valence-corrected chi connectivity index (χ0v) is 23.4. The first-order chi connectivity index (χ1) is 19.4. The molecule has 0 spiro atoms. The predicted octanol–water partition coefficient (Wildman–Crippen LogP) is 3.67. The van der Waals surface area contributed by atoms with Crippen LogP contribution in [0.3, 0.4) is 0 Å². The number of ether oxygens (including phenoxy) is 1. The molecule has 1 aromatic carbocycles. The number of carboxylic acids is 1. The van der Waals surface area contributed by atoms with Gasteiger partial charge in [0.05, 0.1) is 11.9 Å². The maximum absolute atomic E-state index is 11.3. The van der Waals surface area contributed by atoms with Crippen LogP contribution >= 0.6 is 0 Å². The first-order valence-corrected chi connectivity index (χ1v) is 13.5. The Balaban J connectivity index is 1.49. The second kappa shape index (κ2) is 14.2. The van der Waals surface area contributed by atoms with Gasteiger partial charge < -0.3 is 35.3 Å². The van der Waals surface area contributed by atoms with Crippen LogP contribution in [0.1, 0.15) is 24.0 Å². The van der Waals surface area contributed by atoms with Gasteiger partial charge in [-0.25, -0.2) is 15.0 Å². The molecule has 0 saturated heterocycles. The molecule has 4 aromatic rings. The summed E-state index contributed by atoms with van der Waals surface area (Å²) in [5.74, 6) is 1.37. The van der Waals surface area contributed by atoms with Crippen molar-refractivity contribution >= 4 is 34.3 Å². The molecule has 212 valence electrons. The quantitative estimate of drug-likeness (QED) is 0.154. The highest BCUT2D eigenvalue weighted by atomic mass is 16.5. The van der Waals surface area contributed by atoms with E-state index in [1.807, 2.05) is 61.6 Å². The van der Waals surface area contributed by atoms with Crippen molar-refractivity contribution in [3.8, 4) is 5.75 Å². The molecule has 0 unspecified atom stereocenters. The number of anilines is 3. The Kier molecular flexibility index (Phi) is 10.3. The molecular weight excluding hydrogens is 508 g/mol. The minimum Gasteiger partial charge on any atom is -0.491 e. The van der Waals surface area contributed by atoms with Crippen LogP contribution in [0.5, 0.6) is 5.75 Å². The van der Waals surface area contributed by atoms with Crippen LogP contribution in [0.2, 0.25) is 0 Å². The number of aromatic nitrogens is 4. The Hall–Kier alpha value is -4.22. The maximum atomic E-state index is 11.3. The normalized spacial score (nSPS) is 11.2. The molecule has 0 amide bonds. The maximum Gasteiger partial charge on any atom is 0.303 e. The monoisotopic (exact) mass is 546 g/mol. The van der Waals surface area contributed by atoms with E-state index in [9.17, 15) is 9.90 Å². The molecule has 0 aliphatic carbocycles. The molecule has 3 heterocycles. The zero-order chi connectivity index (χ0) is 28.3. The molecule has 4 rings (SSSR count). The van der Waals surface area contributed by atoms with Crippen LogP contribution in [0.15, 0.2) is 55.1 Å². The highest BCUT2D eigenvalue weighted by molar-refractivity contribution is 5.92. The average Bonchev–Trinajstić information content (AvgIpc) is 3.36. The number of likely N-dealkylation sites (N-methyl/N-ethyl adjacent to an activating group) is 1. The van der Waals surface area contributed by atoms with Gasteiger partial charge in [0, 0.05) is 38.1 Å². The van der Waals surface area contributed by atoms with Gasteiger partial charge >= 0.3 is 5.97 Å². The zero-order valence-electron chi connectivity index (χ0n) is 23.4. The molecule has 11 nitrogen and oxygen atoms in total. The van der Waals surface area contributed by atoms with Crippen molar-refractivity contribution in [1.82, 2.24) is 30.2 Å². The number of aliphatic carboxylic acids is 1. The second-order valence-electron chi connectivity index (χ2n) is 9.75. The molecule has 40 heavy (non-hydrogen) atoms. The van der Waals surface area contributed by atoms with Crippen molar-refractivity contribution in [3.63, 3.8) is 0 Å². The number of pyridine rings is 1. The standard InChI is InChI=1S/C29H38N8O3/c1-30-12-6-14-36(2)19-22-18-32-28-27(22)29(34-20-33-28)35-23-9-10-24(21(17-23)8-11-26(38)39)40-16-15-37(3)25-7-4-5-13-31-25/h4-5,7,9-10,13,17-18,20,30H,6,8,11-12,14-16,19H2,1-3H3,(H,38,39)(H2,32,33,34,35). The summed E-state index contributed by atoms with van der Waals surface area (Å²) >= 11 is 0. The molecule has 0 aliphatic heterocycles. The summed E-state index contributed by atoms with van der Waals surface area (Å²) in [5, 5.41) is 16.9. The molecule has 0 aliphatic rings. The van der Waals surface area contributed by atoms with Crippen LogP contribution in [-0.2, 0) is 17.8 Å². The number of H-pyrrole nitrogens is 1. The largest absolute Gasteiger partial charge is 0.491 e. The van der Waals surface area contributed by atoms with E-state index in [1.54, 1.807) is 6.20 Å². The van der Waals surface area contributed by atoms with Gasteiger partial charge in [0.25, 0.3) is 0 Å². The van der Waals surface area contributed by atoms with E-state index < -0.39 is 5.97 Å². The van der Waals surface area contributed by atoms with Crippen molar-refractivity contribution in [3.05, 3.63) is 66.2 Å². The summed E-state index contributed by atoms with van der Waals surface area (Å²) < 4.78 is 6.10. The number of aromatic amines is 1. The number of benzene rings is 1. The van der Waals surface area contributed by atoms with E-state index in [4.69, 9.17) is 4.74 Å². The number of fused-ring (bicyclic) bond motifs is 1. The molecule has 0 saturated carbocycles. The first kappa shape index (κ1) is 28.8. The predicted molar refractivity (Wildman–Crippen MR) is 157 cm³/mol. The van der Waals surface area contributed by atoms with Gasteiger partial charge in [0.1, 0.15) is 36.0 Å². The van der Waals surface area contributed by atoms with Crippen molar-refractivity contribution in [2.45, 2.75) is 25.8 Å². The van der Waals surface area contributed by atoms with Crippen molar-refractivity contribution < 1.29 is 14.6 Å². The van der Waals surface area contributed by atoms with Crippen LogP contribution < -0.4 is 20.3 Å². The fraction of sp³-hybridized carbons (Fsp3) is 0.379. The van der Waals surface area contributed by atoms with Gasteiger partial charge in [-0.1, -0.05) is 6.07 Å². The number of carboxylic acid groups (broad SMARTS) is 1. The van der Waals surface area contributed by atoms with Crippen LogP contribution in [0.25, 0.3) is 11.0 Å². The molecule has 0 bridgehead atoms. The van der Waals surface area contributed by atoms with Crippen LogP contribution in [-0.4, -0.2) is 83.3 Å². The van der Waals surface area contributed by atoms with Gasteiger partial charge in [0.2, 0.25) is 0 Å². The molecule has 11 heteroatoms. The molecule has 0 fully saturated rings. The summed E-state index contributed by atoms with van der Waals surface area (Å²) in [6, 6.07) is 11.5. The lowest BCUT2D eigenvalue weighted by atomic mass is 10.1. The fourth-order valence-corrected chi connectivity index (χ4v) is 4.50. The Morgan fingerprint density at radius 2 is 1.98 bits per heavy atom. The number of hydrogen-bond acceptors (Lipinski definition) is 9. The highest BCUT2D eigenvalue weighted by Crippen LogP contribution is 2.30. The third kappa shape index (κ3) is 7.90. The molecule has 3 aromatic heterocycles. The topological polar surface area (TPSA) is 132 Å². The summed E-state index contributed by atoms with van der Waals surface area (Å²) in [7, 11) is 6.03. The summed E-state index contributed by atoms with van der Waals surface area (Å²) in [5.41, 5.74) is 3.48. The van der Waals surface area contributed by atoms with E-state index in [0.717, 1.165) is 59.7 Å². The number of hydrogen-bond donors (Lipinski definition) is 4. The van der Waals surface area contributed by atoms with Gasteiger partial charge in [-0.3, -0.25) is 4.79 Å². The summed E-state index contributed by atoms with van der Waals surface area (Å²) in [6.07, 6.45) is 6.69. The summed E-state index contributed by atoms with van der Waals surface area (Å²) in [6.45, 7) is 3.76. The smallest absolute Gasteiger partial charge is 0.303 e. The fourth-order valence-electron chi connectivity index (χ4n) is 4.50. The lowest BCUT2D eigenvalue weighted by Crippen LogP contribution is -2.24. The number of carbonyl (C=O) groups is 1. The summed E-state index contributed by atoms with van der Waals surface area (Å²) in [4.78, 5) is 32.2. The van der Waals surface area contributed by atoms with Crippen LogP contribution in [0.4, 0.5) is 17.3 Å². The Bertz CT molecular complexity index is 1380. The second-order valence-corrected chi connectivity index (χ2v) is 9.75. The lowest BCUT2D eigenvalue weighted by Gasteiger charge is -2.19. The van der Waals surface area contributed by atoms with Gasteiger partial charge in [0.15, 0.2) is 0 Å².